The second-order valence-electron chi connectivity index (χ2n) is 5.79. The van der Waals surface area contributed by atoms with E-state index >= 15 is 0 Å². The van der Waals surface area contributed by atoms with Crippen molar-refractivity contribution in [1.29, 1.82) is 0 Å². The van der Waals surface area contributed by atoms with Gasteiger partial charge < -0.3 is 10.7 Å². The van der Waals surface area contributed by atoms with Gasteiger partial charge in [-0.2, -0.15) is 0 Å². The maximum absolute atomic E-state index is 11.6. The normalized spacial score (nSPS) is 20.2. The van der Waals surface area contributed by atoms with Crippen LogP contribution in [0.3, 0.4) is 0 Å². The minimum Gasteiger partial charge on any atom is -0.366 e. The van der Waals surface area contributed by atoms with Crippen molar-refractivity contribution in [2.45, 2.75) is 19.0 Å². The quantitative estimate of drug-likeness (QED) is 0.675. The number of nitrogens with two attached hydrogens (primary N) is 1. The zero-order valence-corrected chi connectivity index (χ0v) is 12.2. The standard InChI is InChI=1S/C17H16N4O/c1-17(12-7-3-2-5-10(12)9-19-17)16-20-13-8-4-6-11(15(18)22)14(13)21-16/h2-8,19H,9H2,1H3,(H2,18,22)(H,20,21). The fourth-order valence-electron chi connectivity index (χ4n) is 3.21. The first kappa shape index (κ1) is 13.0. The first-order valence-electron chi connectivity index (χ1n) is 7.22. The molecule has 0 saturated heterocycles. The summed E-state index contributed by atoms with van der Waals surface area (Å²) in [5.74, 6) is 0.328. The number of benzene rings is 2. The molecule has 0 radical (unpaired) electrons. The lowest BCUT2D eigenvalue weighted by molar-refractivity contribution is 0.100. The van der Waals surface area contributed by atoms with Crippen molar-refractivity contribution in [1.82, 2.24) is 15.3 Å². The molecule has 1 atom stereocenters. The summed E-state index contributed by atoms with van der Waals surface area (Å²) in [6.45, 7) is 2.90. The lowest BCUT2D eigenvalue weighted by Crippen LogP contribution is -2.35. The highest BCUT2D eigenvalue weighted by atomic mass is 16.1. The molecule has 1 unspecified atom stereocenters. The molecule has 0 fully saturated rings. The maximum Gasteiger partial charge on any atom is 0.250 e. The van der Waals surface area contributed by atoms with Crippen molar-refractivity contribution >= 4 is 16.9 Å². The molecule has 2 heterocycles. The highest BCUT2D eigenvalue weighted by Crippen LogP contribution is 2.36. The molecule has 1 amide bonds. The van der Waals surface area contributed by atoms with Gasteiger partial charge in [0.2, 0.25) is 0 Å². The lowest BCUT2D eigenvalue weighted by Gasteiger charge is -2.23. The zero-order chi connectivity index (χ0) is 15.3. The van der Waals surface area contributed by atoms with Crippen LogP contribution >= 0.6 is 0 Å². The van der Waals surface area contributed by atoms with E-state index in [1.807, 2.05) is 24.3 Å². The van der Waals surface area contributed by atoms with Crippen LogP contribution in [0, 0.1) is 0 Å². The molecular weight excluding hydrogens is 276 g/mol. The molecule has 1 aliphatic heterocycles. The first-order valence-corrected chi connectivity index (χ1v) is 7.22. The van der Waals surface area contributed by atoms with Crippen LogP contribution in [0.25, 0.3) is 11.0 Å². The average Bonchev–Trinajstić information content (AvgIpc) is 3.10. The lowest BCUT2D eigenvalue weighted by atomic mass is 9.92. The van der Waals surface area contributed by atoms with Crippen molar-refractivity contribution in [3.8, 4) is 0 Å². The third kappa shape index (κ3) is 1.69. The van der Waals surface area contributed by atoms with Gasteiger partial charge in [0, 0.05) is 6.54 Å². The number of imidazole rings is 1. The number of nitrogens with one attached hydrogen (secondary N) is 2. The second-order valence-corrected chi connectivity index (χ2v) is 5.79. The number of aromatic amines is 1. The van der Waals surface area contributed by atoms with E-state index < -0.39 is 11.4 Å². The van der Waals surface area contributed by atoms with Crippen LogP contribution in [0.15, 0.2) is 42.5 Å². The Bertz CT molecular complexity index is 899. The number of amides is 1. The van der Waals surface area contributed by atoms with Crippen LogP contribution in [-0.2, 0) is 12.1 Å². The van der Waals surface area contributed by atoms with Crippen LogP contribution in [0.5, 0.6) is 0 Å². The van der Waals surface area contributed by atoms with Crippen LogP contribution in [0.4, 0.5) is 0 Å². The molecule has 1 aromatic heterocycles. The molecule has 5 heteroatoms. The number of fused-ring (bicyclic) bond motifs is 2. The van der Waals surface area contributed by atoms with E-state index in [2.05, 4.69) is 34.3 Å². The number of para-hydroxylation sites is 1. The van der Waals surface area contributed by atoms with Crippen molar-refractivity contribution in [3.05, 3.63) is 65.0 Å². The predicted molar refractivity (Wildman–Crippen MR) is 84.3 cm³/mol. The van der Waals surface area contributed by atoms with E-state index in [4.69, 9.17) is 5.73 Å². The fraction of sp³-hybridized carbons (Fsp3) is 0.176. The Morgan fingerprint density at radius 3 is 2.86 bits per heavy atom. The van der Waals surface area contributed by atoms with Gasteiger partial charge in [-0.05, 0) is 30.2 Å². The second kappa shape index (κ2) is 4.42. The predicted octanol–water partition coefficient (Wildman–Crippen LogP) is 2.03. The van der Waals surface area contributed by atoms with Gasteiger partial charge in [0.05, 0.1) is 11.1 Å². The van der Waals surface area contributed by atoms with Gasteiger partial charge in [-0.1, -0.05) is 30.3 Å². The molecule has 110 valence electrons. The number of H-pyrrole nitrogens is 1. The number of hydrogen-bond acceptors (Lipinski definition) is 3. The van der Waals surface area contributed by atoms with Gasteiger partial charge in [-0.25, -0.2) is 4.98 Å². The topological polar surface area (TPSA) is 83.8 Å². The summed E-state index contributed by atoms with van der Waals surface area (Å²) < 4.78 is 0. The number of carbonyl (C=O) groups excluding carboxylic acids is 1. The van der Waals surface area contributed by atoms with E-state index in [1.165, 1.54) is 11.1 Å². The number of hydrogen-bond donors (Lipinski definition) is 3. The van der Waals surface area contributed by atoms with Crippen molar-refractivity contribution in [3.63, 3.8) is 0 Å². The highest BCUT2D eigenvalue weighted by molar-refractivity contribution is 6.04. The van der Waals surface area contributed by atoms with Gasteiger partial charge in [0.25, 0.3) is 5.91 Å². The summed E-state index contributed by atoms with van der Waals surface area (Å²) in [4.78, 5) is 19.6. The molecule has 22 heavy (non-hydrogen) atoms. The first-order chi connectivity index (χ1) is 10.6. The molecule has 2 aromatic carbocycles. The summed E-state index contributed by atoms with van der Waals surface area (Å²) in [5.41, 5.74) is 9.39. The summed E-state index contributed by atoms with van der Waals surface area (Å²) in [7, 11) is 0. The largest absolute Gasteiger partial charge is 0.366 e. The smallest absolute Gasteiger partial charge is 0.250 e. The minimum atomic E-state index is -0.464. The molecule has 0 bridgehead atoms. The average molecular weight is 292 g/mol. The molecule has 1 aliphatic rings. The number of carbonyl (C=O) groups is 1. The van der Waals surface area contributed by atoms with Gasteiger partial charge in [0.1, 0.15) is 16.9 Å². The van der Waals surface area contributed by atoms with Crippen LogP contribution < -0.4 is 11.1 Å². The Balaban J connectivity index is 1.93. The Labute approximate surface area is 127 Å². The van der Waals surface area contributed by atoms with E-state index in [9.17, 15) is 4.79 Å². The molecule has 0 spiro atoms. The van der Waals surface area contributed by atoms with Gasteiger partial charge in [-0.15, -0.1) is 0 Å². The monoisotopic (exact) mass is 292 g/mol. The SMILES string of the molecule is CC1(c2nc3c(C(N)=O)cccc3[nH]2)NCc2ccccc21. The highest BCUT2D eigenvalue weighted by Gasteiger charge is 2.38. The Morgan fingerprint density at radius 2 is 2.05 bits per heavy atom. The van der Waals surface area contributed by atoms with E-state index in [0.717, 1.165) is 17.9 Å². The van der Waals surface area contributed by atoms with Crippen LogP contribution in [-0.4, -0.2) is 15.9 Å². The van der Waals surface area contributed by atoms with Crippen molar-refractivity contribution in [2.24, 2.45) is 5.73 Å². The molecule has 3 aromatic rings. The summed E-state index contributed by atoms with van der Waals surface area (Å²) >= 11 is 0. The summed E-state index contributed by atoms with van der Waals surface area (Å²) in [6, 6.07) is 13.7. The Kier molecular flexibility index (Phi) is 2.62. The summed E-state index contributed by atoms with van der Waals surface area (Å²) in [6.07, 6.45) is 0. The zero-order valence-electron chi connectivity index (χ0n) is 12.2. The van der Waals surface area contributed by atoms with Crippen molar-refractivity contribution in [2.75, 3.05) is 0 Å². The number of rotatable bonds is 2. The Morgan fingerprint density at radius 1 is 1.23 bits per heavy atom. The number of aromatic nitrogens is 2. The van der Waals surface area contributed by atoms with E-state index in [-0.39, 0.29) is 0 Å². The number of nitrogens with zero attached hydrogens (tertiary/aromatic N) is 1. The molecule has 4 rings (SSSR count). The molecule has 4 N–H and O–H groups in total. The van der Waals surface area contributed by atoms with Gasteiger partial charge in [0.15, 0.2) is 0 Å². The third-order valence-electron chi connectivity index (χ3n) is 4.44. The molecule has 0 aliphatic carbocycles. The fourth-order valence-corrected chi connectivity index (χ4v) is 3.21. The molecular formula is C17H16N4O. The molecule has 0 saturated carbocycles. The maximum atomic E-state index is 11.6. The van der Waals surface area contributed by atoms with Gasteiger partial charge in [-0.3, -0.25) is 10.1 Å². The van der Waals surface area contributed by atoms with Crippen molar-refractivity contribution < 1.29 is 4.79 Å². The van der Waals surface area contributed by atoms with Crippen LogP contribution in [0.1, 0.15) is 34.2 Å². The van der Waals surface area contributed by atoms with E-state index in [1.54, 1.807) is 6.07 Å². The minimum absolute atomic E-state index is 0.398. The number of primary amides is 1. The van der Waals surface area contributed by atoms with E-state index in [0.29, 0.717) is 11.1 Å². The Hall–Kier alpha value is -2.66. The van der Waals surface area contributed by atoms with Gasteiger partial charge >= 0.3 is 0 Å². The summed E-state index contributed by atoms with van der Waals surface area (Å²) in [5, 5.41) is 3.51. The van der Waals surface area contributed by atoms with Crippen LogP contribution in [0.2, 0.25) is 0 Å². The molecule has 5 nitrogen and oxygen atoms in total. The third-order valence-corrected chi connectivity index (χ3v) is 4.44.